The molecule has 0 spiro atoms. The highest BCUT2D eigenvalue weighted by atomic mass is 16.1. The van der Waals surface area contributed by atoms with Gasteiger partial charge in [0, 0.05) is 24.2 Å². The summed E-state index contributed by atoms with van der Waals surface area (Å²) in [5, 5.41) is 0. The summed E-state index contributed by atoms with van der Waals surface area (Å²) >= 11 is 0. The zero-order valence-electron chi connectivity index (χ0n) is 11.6. The van der Waals surface area contributed by atoms with Crippen molar-refractivity contribution >= 4 is 5.78 Å². The second kappa shape index (κ2) is 5.21. The maximum Gasteiger partial charge on any atom is 0.143 e. The number of nitrogens with zero attached hydrogens (tertiary/aromatic N) is 1. The van der Waals surface area contributed by atoms with Gasteiger partial charge in [-0.2, -0.15) is 0 Å². The summed E-state index contributed by atoms with van der Waals surface area (Å²) in [6.07, 6.45) is 8.23. The molecule has 1 fully saturated rings. The van der Waals surface area contributed by atoms with E-state index in [1.54, 1.807) is 12.4 Å². The van der Waals surface area contributed by atoms with E-state index in [9.17, 15) is 4.79 Å². The van der Waals surface area contributed by atoms with Crippen molar-refractivity contribution in [2.75, 3.05) is 0 Å². The molecule has 1 aromatic heterocycles. The molecular weight excluding hydrogens is 222 g/mol. The van der Waals surface area contributed by atoms with Crippen LogP contribution in [0.4, 0.5) is 0 Å². The van der Waals surface area contributed by atoms with Gasteiger partial charge in [-0.25, -0.2) is 0 Å². The van der Waals surface area contributed by atoms with Crippen LogP contribution in [0.1, 0.15) is 57.9 Å². The van der Waals surface area contributed by atoms with Crippen LogP contribution in [0.3, 0.4) is 0 Å². The van der Waals surface area contributed by atoms with Crippen molar-refractivity contribution in [3.63, 3.8) is 0 Å². The predicted molar refractivity (Wildman–Crippen MR) is 73.4 cm³/mol. The maximum atomic E-state index is 12.7. The van der Waals surface area contributed by atoms with E-state index in [0.717, 1.165) is 12.0 Å². The normalized spacial score (nSPS) is 24.5. The third-order valence-corrected chi connectivity index (χ3v) is 4.48. The Morgan fingerprint density at radius 3 is 2.61 bits per heavy atom. The third kappa shape index (κ3) is 2.63. The van der Waals surface area contributed by atoms with Gasteiger partial charge in [0.2, 0.25) is 0 Å². The fraction of sp³-hybridized carbons (Fsp3) is 0.625. The van der Waals surface area contributed by atoms with Gasteiger partial charge in [-0.15, -0.1) is 0 Å². The fourth-order valence-electron chi connectivity index (χ4n) is 3.14. The third-order valence-electron chi connectivity index (χ3n) is 4.48. The lowest BCUT2D eigenvalue weighted by Gasteiger charge is -2.38. The lowest BCUT2D eigenvalue weighted by atomic mass is 9.65. The van der Waals surface area contributed by atoms with Crippen LogP contribution in [-0.4, -0.2) is 10.8 Å². The molecule has 0 saturated heterocycles. The Hall–Kier alpha value is -1.18. The van der Waals surface area contributed by atoms with E-state index in [2.05, 4.69) is 18.8 Å². The minimum atomic E-state index is -0.00428. The highest BCUT2D eigenvalue weighted by Crippen LogP contribution is 2.43. The van der Waals surface area contributed by atoms with Gasteiger partial charge in [-0.1, -0.05) is 33.6 Å². The Morgan fingerprint density at radius 1 is 1.33 bits per heavy atom. The fourth-order valence-corrected chi connectivity index (χ4v) is 3.14. The zero-order chi connectivity index (χ0) is 13.2. The lowest BCUT2D eigenvalue weighted by Crippen LogP contribution is -2.36. The van der Waals surface area contributed by atoms with Crippen molar-refractivity contribution in [3.05, 3.63) is 30.1 Å². The largest absolute Gasteiger partial charge is 0.299 e. The van der Waals surface area contributed by atoms with E-state index in [1.807, 2.05) is 19.1 Å². The molecule has 98 valence electrons. The minimum absolute atomic E-state index is 0.00428. The van der Waals surface area contributed by atoms with Crippen molar-refractivity contribution < 1.29 is 4.79 Å². The van der Waals surface area contributed by atoms with Crippen LogP contribution in [0, 0.1) is 11.3 Å². The molecule has 0 radical (unpaired) electrons. The molecule has 1 heterocycles. The topological polar surface area (TPSA) is 30.0 Å². The predicted octanol–water partition coefficient (Wildman–Crippen LogP) is 3.97. The summed E-state index contributed by atoms with van der Waals surface area (Å²) in [7, 11) is 0. The summed E-state index contributed by atoms with van der Waals surface area (Å²) in [4.78, 5) is 16.7. The average Bonchev–Trinajstić information content (AvgIpc) is 2.37. The first-order chi connectivity index (χ1) is 8.52. The molecule has 1 aromatic rings. The second-order valence-electron chi connectivity index (χ2n) is 6.19. The van der Waals surface area contributed by atoms with Crippen molar-refractivity contribution in [2.45, 2.75) is 52.4 Å². The number of rotatable bonds is 3. The van der Waals surface area contributed by atoms with Crippen molar-refractivity contribution in [3.8, 4) is 0 Å². The second-order valence-corrected chi connectivity index (χ2v) is 6.19. The molecule has 18 heavy (non-hydrogen) atoms. The van der Waals surface area contributed by atoms with Gasteiger partial charge in [-0.3, -0.25) is 9.78 Å². The summed E-state index contributed by atoms with van der Waals surface area (Å²) in [5.74, 6) is 0.621. The molecule has 2 nitrogen and oxygen atoms in total. The number of Topliss-reactive ketones (excluding diaryl/α,β-unsaturated/α-hetero) is 1. The summed E-state index contributed by atoms with van der Waals surface area (Å²) < 4.78 is 0. The molecule has 0 aliphatic heterocycles. The first kappa shape index (κ1) is 13.3. The standard InChI is InChI=1S/C16H23NO/c1-12(13-7-10-17-11-8-13)15(18)14-6-4-5-9-16(14,2)3/h7-8,10-12,14H,4-6,9H2,1-3H3. The number of hydrogen-bond acceptors (Lipinski definition) is 2. The molecule has 0 amide bonds. The summed E-state index contributed by atoms with van der Waals surface area (Å²) in [6, 6.07) is 3.91. The molecule has 1 aliphatic carbocycles. The van der Waals surface area contributed by atoms with E-state index in [4.69, 9.17) is 0 Å². The molecule has 2 unspecified atom stereocenters. The SMILES string of the molecule is CC(C(=O)C1CCCCC1(C)C)c1ccncc1. The van der Waals surface area contributed by atoms with Crippen LogP contribution >= 0.6 is 0 Å². The molecule has 2 heteroatoms. The molecule has 1 saturated carbocycles. The Bertz CT molecular complexity index is 410. The number of ketones is 1. The first-order valence-corrected chi connectivity index (χ1v) is 6.96. The number of hydrogen-bond donors (Lipinski definition) is 0. The molecular formula is C16H23NO. The minimum Gasteiger partial charge on any atom is -0.299 e. The van der Waals surface area contributed by atoms with Gasteiger partial charge >= 0.3 is 0 Å². The number of pyridine rings is 1. The van der Waals surface area contributed by atoms with E-state index in [1.165, 1.54) is 19.3 Å². The van der Waals surface area contributed by atoms with Crippen molar-refractivity contribution in [1.82, 2.24) is 4.98 Å². The van der Waals surface area contributed by atoms with Crippen LogP contribution < -0.4 is 0 Å². The molecule has 0 aromatic carbocycles. The summed E-state index contributed by atoms with van der Waals surface area (Å²) in [6.45, 7) is 6.52. The molecule has 0 bridgehead atoms. The van der Waals surface area contributed by atoms with Gasteiger partial charge in [0.25, 0.3) is 0 Å². The van der Waals surface area contributed by atoms with Crippen molar-refractivity contribution in [2.24, 2.45) is 11.3 Å². The average molecular weight is 245 g/mol. The molecule has 2 rings (SSSR count). The van der Waals surface area contributed by atoms with Gasteiger partial charge in [0.05, 0.1) is 0 Å². The number of carbonyl (C=O) groups excluding carboxylic acids is 1. The zero-order valence-corrected chi connectivity index (χ0v) is 11.6. The van der Waals surface area contributed by atoms with Crippen LogP contribution in [0.2, 0.25) is 0 Å². The van der Waals surface area contributed by atoms with Crippen LogP contribution in [0.25, 0.3) is 0 Å². The lowest BCUT2D eigenvalue weighted by molar-refractivity contribution is -0.129. The van der Waals surface area contributed by atoms with Crippen LogP contribution in [0.5, 0.6) is 0 Å². The van der Waals surface area contributed by atoms with Gasteiger partial charge in [0.1, 0.15) is 5.78 Å². The van der Waals surface area contributed by atoms with E-state index in [0.29, 0.717) is 5.78 Å². The van der Waals surface area contributed by atoms with E-state index in [-0.39, 0.29) is 17.3 Å². The Kier molecular flexibility index (Phi) is 3.84. The smallest absolute Gasteiger partial charge is 0.143 e. The highest BCUT2D eigenvalue weighted by molar-refractivity contribution is 5.88. The molecule has 2 atom stereocenters. The van der Waals surface area contributed by atoms with Gasteiger partial charge in [0.15, 0.2) is 0 Å². The van der Waals surface area contributed by atoms with Crippen molar-refractivity contribution in [1.29, 1.82) is 0 Å². The highest BCUT2D eigenvalue weighted by Gasteiger charge is 2.38. The Morgan fingerprint density at radius 2 is 2.00 bits per heavy atom. The van der Waals surface area contributed by atoms with E-state index < -0.39 is 0 Å². The quantitative estimate of drug-likeness (QED) is 0.806. The molecule has 0 N–H and O–H groups in total. The monoisotopic (exact) mass is 245 g/mol. The Labute approximate surface area is 110 Å². The van der Waals surface area contributed by atoms with Crippen LogP contribution in [-0.2, 0) is 4.79 Å². The molecule has 1 aliphatic rings. The number of aromatic nitrogens is 1. The maximum absolute atomic E-state index is 12.7. The van der Waals surface area contributed by atoms with Crippen LogP contribution in [0.15, 0.2) is 24.5 Å². The first-order valence-electron chi connectivity index (χ1n) is 6.96. The van der Waals surface area contributed by atoms with Gasteiger partial charge < -0.3 is 0 Å². The number of carbonyl (C=O) groups is 1. The Balaban J connectivity index is 2.16. The van der Waals surface area contributed by atoms with Gasteiger partial charge in [-0.05, 0) is 36.0 Å². The van der Waals surface area contributed by atoms with E-state index >= 15 is 0 Å². The summed E-state index contributed by atoms with van der Waals surface area (Å²) in [5.41, 5.74) is 1.26.